The van der Waals surface area contributed by atoms with Crippen molar-refractivity contribution >= 4 is 22.7 Å². The van der Waals surface area contributed by atoms with Gasteiger partial charge in [-0.1, -0.05) is 42.5 Å². The van der Waals surface area contributed by atoms with Gasteiger partial charge in [0.15, 0.2) is 0 Å². The van der Waals surface area contributed by atoms with E-state index in [0.717, 1.165) is 16.3 Å². The van der Waals surface area contributed by atoms with Gasteiger partial charge in [0, 0.05) is 0 Å². The first-order valence-corrected chi connectivity index (χ1v) is 9.34. The molecule has 0 aliphatic carbocycles. The molecule has 0 unspecified atom stereocenters. The SMILES string of the molecule is O=C(OCc1ccccc1)c1ccc2cc(OC(=O)c3ccc(O)cc3)ccc2c1. The van der Waals surface area contributed by atoms with E-state index in [4.69, 9.17) is 9.47 Å². The van der Waals surface area contributed by atoms with E-state index in [-0.39, 0.29) is 12.4 Å². The van der Waals surface area contributed by atoms with Gasteiger partial charge in [0.1, 0.15) is 18.1 Å². The number of phenols is 1. The van der Waals surface area contributed by atoms with Crippen molar-refractivity contribution in [2.45, 2.75) is 6.61 Å². The second-order valence-electron chi connectivity index (χ2n) is 6.72. The quantitative estimate of drug-likeness (QED) is 0.373. The van der Waals surface area contributed by atoms with Gasteiger partial charge in [0.05, 0.1) is 11.1 Å². The van der Waals surface area contributed by atoms with Crippen LogP contribution in [0.25, 0.3) is 10.8 Å². The Morgan fingerprint density at radius 1 is 0.700 bits per heavy atom. The average molecular weight is 398 g/mol. The molecule has 4 rings (SSSR count). The van der Waals surface area contributed by atoms with Crippen LogP contribution in [0.4, 0.5) is 0 Å². The Bertz CT molecular complexity index is 1200. The standard InChI is InChI=1S/C25H18O5/c26-22-11-8-18(9-12-22)25(28)30-23-13-10-19-14-21(7-6-20(19)15-23)24(27)29-16-17-4-2-1-3-5-17/h1-15,26H,16H2. The summed E-state index contributed by atoms with van der Waals surface area (Å²) >= 11 is 0. The predicted octanol–water partition coefficient (Wildman–Crippen LogP) is 5.12. The Balaban J connectivity index is 1.46. The van der Waals surface area contributed by atoms with E-state index in [0.29, 0.717) is 16.9 Å². The van der Waals surface area contributed by atoms with Crippen molar-refractivity contribution in [2.24, 2.45) is 0 Å². The minimum absolute atomic E-state index is 0.0790. The molecule has 5 heteroatoms. The maximum Gasteiger partial charge on any atom is 0.343 e. The van der Waals surface area contributed by atoms with Crippen molar-refractivity contribution in [3.05, 3.63) is 108 Å². The van der Waals surface area contributed by atoms with E-state index in [1.807, 2.05) is 30.3 Å². The largest absolute Gasteiger partial charge is 0.508 e. The van der Waals surface area contributed by atoms with Gasteiger partial charge in [0.2, 0.25) is 0 Å². The van der Waals surface area contributed by atoms with Crippen molar-refractivity contribution in [1.82, 2.24) is 0 Å². The number of hydrogen-bond acceptors (Lipinski definition) is 5. The molecule has 0 aliphatic rings. The monoisotopic (exact) mass is 398 g/mol. The van der Waals surface area contributed by atoms with Gasteiger partial charge in [-0.2, -0.15) is 0 Å². The number of hydrogen-bond donors (Lipinski definition) is 1. The molecular formula is C25H18O5. The van der Waals surface area contributed by atoms with Crippen LogP contribution in [0.1, 0.15) is 26.3 Å². The Labute approximate surface area is 173 Å². The fourth-order valence-corrected chi connectivity index (χ4v) is 2.98. The molecule has 4 aromatic rings. The lowest BCUT2D eigenvalue weighted by Crippen LogP contribution is -2.08. The molecule has 0 saturated heterocycles. The number of carbonyl (C=O) groups excluding carboxylic acids is 2. The van der Waals surface area contributed by atoms with Crippen LogP contribution < -0.4 is 4.74 Å². The van der Waals surface area contributed by atoms with Crippen molar-refractivity contribution in [2.75, 3.05) is 0 Å². The molecule has 0 atom stereocenters. The number of aromatic hydroxyl groups is 1. The maximum atomic E-state index is 12.3. The summed E-state index contributed by atoms with van der Waals surface area (Å²) in [6.45, 7) is 0.212. The van der Waals surface area contributed by atoms with E-state index < -0.39 is 11.9 Å². The Morgan fingerprint density at radius 2 is 1.37 bits per heavy atom. The minimum atomic E-state index is -0.518. The molecule has 0 heterocycles. The van der Waals surface area contributed by atoms with E-state index in [9.17, 15) is 14.7 Å². The summed E-state index contributed by atoms with van der Waals surface area (Å²) in [5.74, 6) is -0.450. The van der Waals surface area contributed by atoms with Crippen molar-refractivity contribution in [3.8, 4) is 11.5 Å². The highest BCUT2D eigenvalue weighted by Crippen LogP contribution is 2.24. The first-order valence-electron chi connectivity index (χ1n) is 9.34. The molecule has 4 aromatic carbocycles. The van der Waals surface area contributed by atoms with E-state index in [1.165, 1.54) is 24.3 Å². The summed E-state index contributed by atoms with van der Waals surface area (Å²) in [6.07, 6.45) is 0. The molecule has 0 bridgehead atoms. The Hall–Kier alpha value is -4.12. The lowest BCUT2D eigenvalue weighted by Gasteiger charge is -2.08. The molecule has 0 aromatic heterocycles. The van der Waals surface area contributed by atoms with Gasteiger partial charge in [-0.15, -0.1) is 0 Å². The lowest BCUT2D eigenvalue weighted by atomic mass is 10.1. The van der Waals surface area contributed by atoms with Crippen LogP contribution in [-0.2, 0) is 11.3 Å². The van der Waals surface area contributed by atoms with Crippen LogP contribution in [-0.4, -0.2) is 17.0 Å². The summed E-state index contributed by atoms with van der Waals surface area (Å²) < 4.78 is 10.8. The second kappa shape index (κ2) is 8.49. The Kier molecular flexibility index (Phi) is 5.44. The topological polar surface area (TPSA) is 72.8 Å². The zero-order valence-corrected chi connectivity index (χ0v) is 15.9. The molecule has 0 saturated carbocycles. The number of phenolic OH excluding ortho intramolecular Hbond substituents is 1. The summed E-state index contributed by atoms with van der Waals surface area (Å²) in [7, 11) is 0. The van der Waals surface area contributed by atoms with Gasteiger partial charge in [-0.25, -0.2) is 9.59 Å². The van der Waals surface area contributed by atoms with E-state index in [1.54, 1.807) is 36.4 Å². The van der Waals surface area contributed by atoms with Crippen molar-refractivity contribution < 1.29 is 24.2 Å². The van der Waals surface area contributed by atoms with Gasteiger partial charge in [-0.3, -0.25) is 0 Å². The number of fused-ring (bicyclic) bond motifs is 1. The van der Waals surface area contributed by atoms with Crippen LogP contribution in [0.2, 0.25) is 0 Å². The maximum absolute atomic E-state index is 12.3. The number of rotatable bonds is 5. The summed E-state index contributed by atoms with van der Waals surface area (Å²) in [6, 6.07) is 25.7. The Morgan fingerprint density at radius 3 is 2.13 bits per heavy atom. The van der Waals surface area contributed by atoms with Crippen LogP contribution in [0.5, 0.6) is 11.5 Å². The fraction of sp³-hybridized carbons (Fsp3) is 0.0400. The molecule has 1 N–H and O–H groups in total. The predicted molar refractivity (Wildman–Crippen MR) is 113 cm³/mol. The third kappa shape index (κ3) is 4.47. The molecule has 30 heavy (non-hydrogen) atoms. The molecule has 5 nitrogen and oxygen atoms in total. The highest BCUT2D eigenvalue weighted by molar-refractivity contribution is 5.96. The molecule has 0 radical (unpaired) electrons. The number of esters is 2. The van der Waals surface area contributed by atoms with Crippen LogP contribution in [0, 0.1) is 0 Å². The number of benzene rings is 4. The third-order valence-electron chi connectivity index (χ3n) is 4.57. The zero-order chi connectivity index (χ0) is 20.9. The molecule has 0 spiro atoms. The molecule has 148 valence electrons. The number of carbonyl (C=O) groups is 2. The lowest BCUT2D eigenvalue weighted by molar-refractivity contribution is 0.0472. The molecule has 0 aliphatic heterocycles. The smallest absolute Gasteiger partial charge is 0.343 e. The molecule has 0 fully saturated rings. The van der Waals surface area contributed by atoms with Gasteiger partial charge >= 0.3 is 11.9 Å². The fourth-order valence-electron chi connectivity index (χ4n) is 2.98. The van der Waals surface area contributed by atoms with Crippen LogP contribution in [0.15, 0.2) is 91.0 Å². The second-order valence-corrected chi connectivity index (χ2v) is 6.72. The van der Waals surface area contributed by atoms with Crippen molar-refractivity contribution in [3.63, 3.8) is 0 Å². The summed E-state index contributed by atoms with van der Waals surface area (Å²) in [5, 5.41) is 11.0. The van der Waals surface area contributed by atoms with Gasteiger partial charge < -0.3 is 14.6 Å². The zero-order valence-electron chi connectivity index (χ0n) is 15.9. The average Bonchev–Trinajstić information content (AvgIpc) is 2.78. The van der Waals surface area contributed by atoms with Crippen LogP contribution in [0.3, 0.4) is 0 Å². The minimum Gasteiger partial charge on any atom is -0.508 e. The third-order valence-corrected chi connectivity index (χ3v) is 4.57. The molecular weight excluding hydrogens is 380 g/mol. The summed E-state index contributed by atoms with van der Waals surface area (Å²) in [5.41, 5.74) is 1.71. The first-order chi connectivity index (χ1) is 14.6. The highest BCUT2D eigenvalue weighted by Gasteiger charge is 2.11. The summed E-state index contributed by atoms with van der Waals surface area (Å²) in [4.78, 5) is 24.6. The van der Waals surface area contributed by atoms with Gasteiger partial charge in [0.25, 0.3) is 0 Å². The molecule has 0 amide bonds. The van der Waals surface area contributed by atoms with Gasteiger partial charge in [-0.05, 0) is 64.9 Å². The van der Waals surface area contributed by atoms with E-state index in [2.05, 4.69) is 0 Å². The van der Waals surface area contributed by atoms with Crippen LogP contribution >= 0.6 is 0 Å². The first kappa shape index (κ1) is 19.2. The number of ether oxygens (including phenoxy) is 2. The van der Waals surface area contributed by atoms with Crippen molar-refractivity contribution in [1.29, 1.82) is 0 Å². The van der Waals surface area contributed by atoms with E-state index >= 15 is 0 Å². The highest BCUT2D eigenvalue weighted by atomic mass is 16.5. The normalized spacial score (nSPS) is 10.5.